The first-order valence-electron chi connectivity index (χ1n) is 9.62. The average molecular weight is 425 g/mol. The molecule has 0 atom stereocenters. The van der Waals surface area contributed by atoms with Gasteiger partial charge < -0.3 is 5.32 Å². The molecule has 0 aromatic heterocycles. The Kier molecular flexibility index (Phi) is 8.02. The van der Waals surface area contributed by atoms with E-state index in [9.17, 15) is 9.59 Å². The molecular weight excluding hydrogens is 400 g/mol. The zero-order valence-corrected chi connectivity index (χ0v) is 18.0. The van der Waals surface area contributed by atoms with Gasteiger partial charge in [0.2, 0.25) is 0 Å². The van der Waals surface area contributed by atoms with Gasteiger partial charge in [-0.15, -0.1) is 0 Å². The molecule has 3 rings (SSSR count). The van der Waals surface area contributed by atoms with Crippen LogP contribution in [0.1, 0.15) is 25.3 Å². The lowest BCUT2D eigenvalue weighted by atomic mass is 10.1. The number of hydrogen-bond donors (Lipinski definition) is 1. The Bertz CT molecular complexity index is 958. The van der Waals surface area contributed by atoms with E-state index >= 15 is 0 Å². The molecular formula is C23H24N2O2S2. The lowest BCUT2D eigenvalue weighted by molar-refractivity contribution is 0.207. The second-order valence-corrected chi connectivity index (χ2v) is 8.92. The Morgan fingerprint density at radius 3 is 2.45 bits per heavy atom. The Balaban J connectivity index is 1.78. The number of benzene rings is 3. The standard InChI is InChI=1S/C23H24N2O2S2/c1-2-3-16-28-29-23(27)25(17-18-10-5-4-6-11-18)22(26)24-21-15-9-13-19-12-7-8-14-20(19)21/h4-15H,2-3,16-17H2,1H3,(H,24,26). The van der Waals surface area contributed by atoms with Crippen molar-refractivity contribution in [1.29, 1.82) is 0 Å². The van der Waals surface area contributed by atoms with Crippen molar-refractivity contribution in [3.8, 4) is 0 Å². The van der Waals surface area contributed by atoms with Gasteiger partial charge in [-0.1, -0.05) is 90.9 Å². The molecule has 3 aromatic carbocycles. The van der Waals surface area contributed by atoms with Crippen molar-refractivity contribution in [2.45, 2.75) is 26.3 Å². The zero-order chi connectivity index (χ0) is 20.5. The van der Waals surface area contributed by atoms with Gasteiger partial charge in [-0.25, -0.2) is 9.69 Å². The number of imide groups is 1. The van der Waals surface area contributed by atoms with E-state index < -0.39 is 6.03 Å². The molecule has 0 fully saturated rings. The fraction of sp³-hybridized carbons (Fsp3) is 0.217. The molecule has 0 aliphatic heterocycles. The number of amides is 3. The van der Waals surface area contributed by atoms with E-state index in [4.69, 9.17) is 0 Å². The summed E-state index contributed by atoms with van der Waals surface area (Å²) in [5, 5.41) is 4.66. The number of nitrogens with zero attached hydrogens (tertiary/aromatic N) is 1. The third-order valence-corrected chi connectivity index (χ3v) is 6.61. The maximum absolute atomic E-state index is 13.1. The monoisotopic (exact) mass is 424 g/mol. The molecule has 6 heteroatoms. The molecule has 1 N–H and O–H groups in total. The summed E-state index contributed by atoms with van der Waals surface area (Å²) in [5.41, 5.74) is 1.61. The van der Waals surface area contributed by atoms with Crippen molar-refractivity contribution < 1.29 is 9.59 Å². The molecule has 0 aliphatic carbocycles. The van der Waals surface area contributed by atoms with Gasteiger partial charge in [0.15, 0.2) is 0 Å². The van der Waals surface area contributed by atoms with Crippen LogP contribution in [-0.4, -0.2) is 21.9 Å². The van der Waals surface area contributed by atoms with E-state index in [0.717, 1.165) is 45.7 Å². The topological polar surface area (TPSA) is 49.4 Å². The summed E-state index contributed by atoms with van der Waals surface area (Å²) in [7, 11) is 2.63. The molecule has 4 nitrogen and oxygen atoms in total. The minimum atomic E-state index is -0.418. The van der Waals surface area contributed by atoms with Crippen molar-refractivity contribution in [2.24, 2.45) is 0 Å². The van der Waals surface area contributed by atoms with Gasteiger partial charge in [-0.2, -0.15) is 0 Å². The number of urea groups is 1. The minimum Gasteiger partial charge on any atom is -0.307 e. The average Bonchev–Trinajstić information content (AvgIpc) is 2.76. The van der Waals surface area contributed by atoms with Gasteiger partial charge >= 0.3 is 11.3 Å². The number of unbranched alkanes of at least 4 members (excludes halogenated alkanes) is 1. The van der Waals surface area contributed by atoms with Crippen LogP contribution in [0.5, 0.6) is 0 Å². The Morgan fingerprint density at radius 2 is 1.66 bits per heavy atom. The van der Waals surface area contributed by atoms with E-state index in [0.29, 0.717) is 5.69 Å². The molecule has 0 aliphatic rings. The third-order valence-electron chi connectivity index (χ3n) is 4.39. The van der Waals surface area contributed by atoms with Gasteiger partial charge in [0, 0.05) is 21.9 Å². The van der Waals surface area contributed by atoms with Crippen LogP contribution in [0.25, 0.3) is 10.8 Å². The van der Waals surface area contributed by atoms with Crippen LogP contribution >= 0.6 is 21.6 Å². The van der Waals surface area contributed by atoms with E-state index in [1.165, 1.54) is 15.7 Å². The van der Waals surface area contributed by atoms with Crippen molar-refractivity contribution >= 4 is 49.3 Å². The highest BCUT2D eigenvalue weighted by atomic mass is 33.1. The molecule has 0 saturated heterocycles. The number of anilines is 1. The summed E-state index contributed by atoms with van der Waals surface area (Å²) >= 11 is 0. The molecule has 29 heavy (non-hydrogen) atoms. The number of carbonyl (C=O) groups excluding carboxylic acids is 2. The molecule has 150 valence electrons. The second-order valence-electron chi connectivity index (χ2n) is 6.55. The van der Waals surface area contributed by atoms with E-state index in [-0.39, 0.29) is 11.8 Å². The van der Waals surface area contributed by atoms with Crippen molar-refractivity contribution in [2.75, 3.05) is 11.1 Å². The van der Waals surface area contributed by atoms with Crippen LogP contribution in [0.3, 0.4) is 0 Å². The van der Waals surface area contributed by atoms with Crippen LogP contribution in [0.15, 0.2) is 72.8 Å². The van der Waals surface area contributed by atoms with Crippen LogP contribution in [0.4, 0.5) is 15.3 Å². The lowest BCUT2D eigenvalue weighted by Crippen LogP contribution is -2.37. The van der Waals surface area contributed by atoms with Gasteiger partial charge in [-0.05, 0) is 23.4 Å². The molecule has 0 spiro atoms. The van der Waals surface area contributed by atoms with Gasteiger partial charge in [0.25, 0.3) is 0 Å². The predicted octanol–water partition coefficient (Wildman–Crippen LogP) is 7.18. The minimum absolute atomic E-state index is 0.234. The summed E-state index contributed by atoms with van der Waals surface area (Å²) in [5.74, 6) is 0.886. The maximum Gasteiger partial charge on any atom is 0.329 e. The molecule has 3 amide bonds. The molecule has 0 saturated carbocycles. The molecule has 0 bridgehead atoms. The summed E-state index contributed by atoms with van der Waals surface area (Å²) in [6, 6.07) is 22.8. The van der Waals surface area contributed by atoms with E-state index in [1.54, 1.807) is 0 Å². The number of rotatable bonds is 7. The summed E-state index contributed by atoms with van der Waals surface area (Å²) in [6.45, 7) is 2.35. The lowest BCUT2D eigenvalue weighted by Gasteiger charge is -2.21. The zero-order valence-electron chi connectivity index (χ0n) is 16.3. The summed E-state index contributed by atoms with van der Waals surface area (Å²) in [4.78, 5) is 27.2. The number of nitrogens with one attached hydrogen (secondary N) is 1. The summed E-state index contributed by atoms with van der Waals surface area (Å²) in [6.07, 6.45) is 2.13. The SMILES string of the molecule is CCCCSSC(=O)N(Cc1ccccc1)C(=O)Nc1cccc2ccccc12. The van der Waals surface area contributed by atoms with Crippen LogP contribution in [-0.2, 0) is 6.54 Å². The van der Waals surface area contributed by atoms with Crippen LogP contribution < -0.4 is 5.32 Å². The largest absolute Gasteiger partial charge is 0.329 e. The predicted molar refractivity (Wildman–Crippen MR) is 125 cm³/mol. The summed E-state index contributed by atoms with van der Waals surface area (Å²) < 4.78 is 0. The number of hydrogen-bond acceptors (Lipinski definition) is 4. The third kappa shape index (κ3) is 6.02. The fourth-order valence-corrected chi connectivity index (χ4v) is 4.85. The molecule has 0 unspecified atom stereocenters. The molecule has 0 heterocycles. The Hall–Kier alpha value is -2.44. The van der Waals surface area contributed by atoms with Gasteiger partial charge in [-0.3, -0.25) is 4.79 Å². The van der Waals surface area contributed by atoms with Gasteiger partial charge in [0.05, 0.1) is 12.2 Å². The fourth-order valence-electron chi connectivity index (χ4n) is 2.84. The normalized spacial score (nSPS) is 10.7. The highest BCUT2D eigenvalue weighted by molar-refractivity contribution is 8.82. The van der Waals surface area contributed by atoms with Gasteiger partial charge in [0.1, 0.15) is 0 Å². The number of carbonyl (C=O) groups is 2. The molecule has 3 aromatic rings. The first kappa shape index (κ1) is 21.3. The van der Waals surface area contributed by atoms with Crippen molar-refractivity contribution in [1.82, 2.24) is 4.90 Å². The van der Waals surface area contributed by atoms with Crippen molar-refractivity contribution in [3.63, 3.8) is 0 Å². The quantitative estimate of drug-likeness (QED) is 0.322. The van der Waals surface area contributed by atoms with E-state index in [2.05, 4.69) is 12.2 Å². The highest BCUT2D eigenvalue weighted by Crippen LogP contribution is 2.28. The second kappa shape index (κ2) is 10.9. The van der Waals surface area contributed by atoms with Crippen LogP contribution in [0, 0.1) is 0 Å². The number of fused-ring (bicyclic) bond motifs is 1. The Labute approximate surface area is 179 Å². The first-order valence-corrected chi connectivity index (χ1v) is 11.9. The highest BCUT2D eigenvalue weighted by Gasteiger charge is 2.23. The molecule has 0 radical (unpaired) electrons. The Morgan fingerprint density at radius 1 is 0.931 bits per heavy atom. The maximum atomic E-state index is 13.1. The first-order chi connectivity index (χ1) is 14.2. The van der Waals surface area contributed by atoms with Crippen LogP contribution in [0.2, 0.25) is 0 Å². The van der Waals surface area contributed by atoms with E-state index in [1.807, 2.05) is 72.8 Å². The smallest absolute Gasteiger partial charge is 0.307 e. The van der Waals surface area contributed by atoms with Crippen molar-refractivity contribution in [3.05, 3.63) is 78.4 Å².